The Balaban J connectivity index is 1.76. The number of carbonyl (C=O) groups excluding carboxylic acids is 2. The smallest absolute Gasteiger partial charge is 0.258 e. The third kappa shape index (κ3) is 4.99. The van der Waals surface area contributed by atoms with Gasteiger partial charge in [0.25, 0.3) is 5.91 Å². The van der Waals surface area contributed by atoms with E-state index in [0.29, 0.717) is 17.8 Å². The normalized spacial score (nSPS) is 14.0. The highest BCUT2D eigenvalue weighted by Crippen LogP contribution is 2.39. The van der Waals surface area contributed by atoms with Crippen LogP contribution in [0.25, 0.3) is 11.3 Å². The van der Waals surface area contributed by atoms with Gasteiger partial charge in [0.2, 0.25) is 5.91 Å². The Morgan fingerprint density at radius 3 is 2.45 bits per heavy atom. The second-order valence-electron chi connectivity index (χ2n) is 8.13. The molecule has 0 unspecified atom stereocenters. The lowest BCUT2D eigenvalue weighted by atomic mass is 10.00. The van der Waals surface area contributed by atoms with Gasteiger partial charge in [-0.3, -0.25) is 9.59 Å². The van der Waals surface area contributed by atoms with Crippen LogP contribution >= 0.6 is 15.9 Å². The third-order valence-electron chi connectivity index (χ3n) is 5.37. The first-order valence-electron chi connectivity index (χ1n) is 10.5. The molecule has 1 aliphatic rings. The first-order chi connectivity index (χ1) is 15.8. The summed E-state index contributed by atoms with van der Waals surface area (Å²) >= 11 is 3.47. The van der Waals surface area contributed by atoms with Crippen LogP contribution in [0.2, 0.25) is 0 Å². The van der Waals surface area contributed by atoms with Crippen molar-refractivity contribution in [2.75, 3.05) is 43.2 Å². The van der Waals surface area contributed by atoms with E-state index in [1.54, 1.807) is 11.9 Å². The van der Waals surface area contributed by atoms with E-state index in [4.69, 9.17) is 0 Å². The number of hydrogen-bond donors (Lipinski definition) is 2. The fraction of sp³-hybridized carbons (Fsp3) is 0.154. The molecule has 0 spiro atoms. The molecule has 0 saturated carbocycles. The minimum Gasteiger partial charge on any atom is -0.354 e. The topological polar surface area (TPSA) is 64.7 Å². The molecular weight excluding hydrogens is 480 g/mol. The van der Waals surface area contributed by atoms with Crippen molar-refractivity contribution < 1.29 is 9.59 Å². The van der Waals surface area contributed by atoms with Gasteiger partial charge in [0.1, 0.15) is 0 Å². The van der Waals surface area contributed by atoms with E-state index in [1.165, 1.54) is 0 Å². The highest BCUT2D eigenvalue weighted by molar-refractivity contribution is 9.10. The zero-order valence-corrected chi connectivity index (χ0v) is 20.3. The van der Waals surface area contributed by atoms with Crippen molar-refractivity contribution >= 4 is 56.1 Å². The van der Waals surface area contributed by atoms with Crippen LogP contribution in [-0.4, -0.2) is 44.4 Å². The lowest BCUT2D eigenvalue weighted by molar-refractivity contribution is -0.119. The van der Waals surface area contributed by atoms with Crippen molar-refractivity contribution in [1.82, 2.24) is 4.90 Å². The number of rotatable bonds is 6. The summed E-state index contributed by atoms with van der Waals surface area (Å²) in [5.74, 6) is -0.169. The molecule has 168 valence electrons. The second-order valence-corrected chi connectivity index (χ2v) is 9.04. The predicted octanol–water partition coefficient (Wildman–Crippen LogP) is 4.91. The van der Waals surface area contributed by atoms with E-state index in [0.717, 1.165) is 32.7 Å². The summed E-state index contributed by atoms with van der Waals surface area (Å²) in [4.78, 5) is 29.0. The summed E-state index contributed by atoms with van der Waals surface area (Å²) in [5, 5.41) is 6.42. The van der Waals surface area contributed by atoms with Crippen LogP contribution in [0, 0.1) is 0 Å². The van der Waals surface area contributed by atoms with Gasteiger partial charge in [-0.15, -0.1) is 0 Å². The molecule has 4 rings (SSSR count). The van der Waals surface area contributed by atoms with Crippen LogP contribution < -0.4 is 15.5 Å². The van der Waals surface area contributed by atoms with Gasteiger partial charge in [0.15, 0.2) is 0 Å². The zero-order valence-electron chi connectivity index (χ0n) is 18.7. The molecule has 33 heavy (non-hydrogen) atoms. The van der Waals surface area contributed by atoms with Crippen LogP contribution in [0.4, 0.5) is 17.1 Å². The van der Waals surface area contributed by atoms with Crippen LogP contribution in [-0.2, 0) is 9.59 Å². The first-order valence-corrected chi connectivity index (χ1v) is 11.3. The molecule has 3 aromatic rings. The van der Waals surface area contributed by atoms with Gasteiger partial charge in [-0.2, -0.15) is 0 Å². The third-order valence-corrected chi connectivity index (χ3v) is 5.86. The number of nitrogens with zero attached hydrogens (tertiary/aromatic N) is 2. The lowest BCUT2D eigenvalue weighted by Crippen LogP contribution is -2.35. The Hall–Kier alpha value is -3.42. The van der Waals surface area contributed by atoms with Gasteiger partial charge in [-0.05, 0) is 50.0 Å². The van der Waals surface area contributed by atoms with E-state index in [1.807, 2.05) is 91.8 Å². The molecule has 0 radical (unpaired) electrons. The summed E-state index contributed by atoms with van der Waals surface area (Å²) < 4.78 is 0.898. The van der Waals surface area contributed by atoms with E-state index in [2.05, 4.69) is 26.6 Å². The molecule has 0 atom stereocenters. The molecule has 1 aliphatic heterocycles. The maximum atomic E-state index is 13.0. The van der Waals surface area contributed by atoms with Gasteiger partial charge in [-0.25, -0.2) is 0 Å². The molecule has 7 heteroatoms. The highest BCUT2D eigenvalue weighted by atomic mass is 79.9. The van der Waals surface area contributed by atoms with E-state index < -0.39 is 0 Å². The Morgan fingerprint density at radius 1 is 0.970 bits per heavy atom. The lowest BCUT2D eigenvalue weighted by Gasteiger charge is -2.21. The largest absolute Gasteiger partial charge is 0.354 e. The summed E-state index contributed by atoms with van der Waals surface area (Å²) in [6, 6.07) is 23.1. The maximum absolute atomic E-state index is 13.0. The van der Waals surface area contributed by atoms with E-state index in [-0.39, 0.29) is 11.8 Å². The van der Waals surface area contributed by atoms with Gasteiger partial charge < -0.3 is 20.4 Å². The molecule has 0 fully saturated rings. The summed E-state index contributed by atoms with van der Waals surface area (Å²) in [6.07, 6.45) is 0. The van der Waals surface area contributed by atoms with Crippen molar-refractivity contribution in [3.8, 4) is 0 Å². The van der Waals surface area contributed by atoms with Gasteiger partial charge in [-0.1, -0.05) is 58.4 Å². The van der Waals surface area contributed by atoms with Gasteiger partial charge >= 0.3 is 0 Å². The molecule has 0 bridgehead atoms. The van der Waals surface area contributed by atoms with Crippen molar-refractivity contribution in [3.05, 3.63) is 88.4 Å². The number of anilines is 3. The SMILES string of the molecule is CN(C)CC(=O)N(C)c1cccc(N/C(=C2\C(=O)Nc3cc(Br)ccc32)c2ccccc2)c1. The molecule has 0 saturated heterocycles. The fourth-order valence-electron chi connectivity index (χ4n) is 3.73. The Labute approximate surface area is 202 Å². The van der Waals surface area contributed by atoms with Gasteiger partial charge in [0, 0.05) is 28.5 Å². The molecule has 0 aliphatic carbocycles. The second kappa shape index (κ2) is 9.60. The number of fused-ring (bicyclic) bond motifs is 1. The number of benzene rings is 3. The molecule has 3 aromatic carbocycles. The monoisotopic (exact) mass is 504 g/mol. The van der Waals surface area contributed by atoms with Crippen molar-refractivity contribution in [2.45, 2.75) is 0 Å². The molecule has 6 nitrogen and oxygen atoms in total. The predicted molar refractivity (Wildman–Crippen MR) is 138 cm³/mol. The van der Waals surface area contributed by atoms with Crippen LogP contribution in [0.1, 0.15) is 11.1 Å². The van der Waals surface area contributed by atoms with Crippen molar-refractivity contribution in [1.29, 1.82) is 0 Å². The summed E-state index contributed by atoms with van der Waals surface area (Å²) in [5.41, 5.74) is 5.32. The number of halogens is 1. The maximum Gasteiger partial charge on any atom is 0.258 e. The van der Waals surface area contributed by atoms with Crippen molar-refractivity contribution in [3.63, 3.8) is 0 Å². The average molecular weight is 505 g/mol. The minimum absolute atomic E-state index is 0.00605. The minimum atomic E-state index is -0.163. The summed E-state index contributed by atoms with van der Waals surface area (Å²) in [6.45, 7) is 0.319. The number of amides is 2. The Kier molecular flexibility index (Phi) is 6.62. The summed E-state index contributed by atoms with van der Waals surface area (Å²) in [7, 11) is 5.50. The van der Waals surface area contributed by atoms with Gasteiger partial charge in [0.05, 0.1) is 23.5 Å². The number of hydrogen-bond acceptors (Lipinski definition) is 4. The van der Waals surface area contributed by atoms with E-state index >= 15 is 0 Å². The molecule has 2 N–H and O–H groups in total. The highest BCUT2D eigenvalue weighted by Gasteiger charge is 2.28. The standard InChI is InChI=1S/C26H25BrN4O2/c1-30(2)16-23(32)31(3)20-11-7-10-19(15-20)28-25(17-8-5-4-6-9-17)24-21-13-12-18(27)14-22(21)29-26(24)33/h4-15,28H,16H2,1-3H3,(H,29,33)/b25-24-. The Bertz CT molecular complexity index is 1240. The van der Waals surface area contributed by atoms with Crippen LogP contribution in [0.3, 0.4) is 0 Å². The van der Waals surface area contributed by atoms with Crippen LogP contribution in [0.15, 0.2) is 77.3 Å². The van der Waals surface area contributed by atoms with Crippen LogP contribution in [0.5, 0.6) is 0 Å². The molecule has 0 aromatic heterocycles. The van der Waals surface area contributed by atoms with Crippen molar-refractivity contribution in [2.24, 2.45) is 0 Å². The quantitative estimate of drug-likeness (QED) is 0.468. The number of nitrogens with one attached hydrogen (secondary N) is 2. The zero-order chi connectivity index (χ0) is 23.5. The number of likely N-dealkylation sites (N-methyl/N-ethyl adjacent to an activating group) is 2. The number of carbonyl (C=O) groups is 2. The fourth-order valence-corrected chi connectivity index (χ4v) is 4.10. The Morgan fingerprint density at radius 2 is 1.73 bits per heavy atom. The average Bonchev–Trinajstić information content (AvgIpc) is 3.11. The first kappa shape index (κ1) is 22.8. The molecule has 2 amide bonds. The van der Waals surface area contributed by atoms with E-state index in [9.17, 15) is 9.59 Å². The molecular formula is C26H25BrN4O2. The molecule has 1 heterocycles.